The number of hydrogen-bond donors (Lipinski definition) is 0. The fraction of sp³-hybridized carbons (Fsp3) is 0. The molecular formula is C14H8FN2. The highest BCUT2D eigenvalue weighted by Gasteiger charge is 2.05. The molecule has 2 nitrogen and oxygen atoms in total. The molecule has 0 aliphatic rings. The predicted molar refractivity (Wildman–Crippen MR) is 63.8 cm³/mol. The molecule has 0 amide bonds. The minimum atomic E-state index is -0.236. The largest absolute Gasteiger partial charge is 0.252 e. The van der Waals surface area contributed by atoms with Gasteiger partial charge in [0.15, 0.2) is 0 Å². The summed E-state index contributed by atoms with van der Waals surface area (Å²) in [6, 6.07) is 12.2. The molecule has 0 saturated heterocycles. The highest BCUT2D eigenvalue weighted by Crippen LogP contribution is 2.24. The summed E-state index contributed by atoms with van der Waals surface area (Å²) in [6.45, 7) is 0. The fourth-order valence-electron chi connectivity index (χ4n) is 1.78. The van der Waals surface area contributed by atoms with E-state index in [0.29, 0.717) is 11.1 Å². The monoisotopic (exact) mass is 223 g/mol. The van der Waals surface area contributed by atoms with Gasteiger partial charge in [-0.25, -0.2) is 9.37 Å². The van der Waals surface area contributed by atoms with E-state index in [0.717, 1.165) is 11.1 Å². The summed E-state index contributed by atoms with van der Waals surface area (Å²) in [5.74, 6) is -0.236. The van der Waals surface area contributed by atoms with Crippen LogP contribution in [0, 0.1) is 12.0 Å². The second-order valence-corrected chi connectivity index (χ2v) is 3.68. The Hall–Kier alpha value is -2.29. The number of benzene rings is 2. The van der Waals surface area contributed by atoms with Gasteiger partial charge < -0.3 is 0 Å². The molecule has 0 atom stereocenters. The van der Waals surface area contributed by atoms with Gasteiger partial charge >= 0.3 is 0 Å². The van der Waals surface area contributed by atoms with Crippen molar-refractivity contribution in [2.24, 2.45) is 0 Å². The van der Waals surface area contributed by atoms with Crippen LogP contribution in [0.2, 0.25) is 0 Å². The molecule has 0 fully saturated rings. The van der Waals surface area contributed by atoms with Crippen LogP contribution < -0.4 is 0 Å². The van der Waals surface area contributed by atoms with Gasteiger partial charge in [0.05, 0.1) is 17.2 Å². The maximum absolute atomic E-state index is 13.6. The van der Waals surface area contributed by atoms with E-state index in [1.807, 2.05) is 24.3 Å². The van der Waals surface area contributed by atoms with Gasteiger partial charge in [0, 0.05) is 5.56 Å². The van der Waals surface area contributed by atoms with Crippen LogP contribution in [0.1, 0.15) is 0 Å². The lowest BCUT2D eigenvalue weighted by Gasteiger charge is -2.03. The first kappa shape index (κ1) is 9.90. The molecule has 1 radical (unpaired) electrons. The molecular weight excluding hydrogens is 215 g/mol. The first-order valence-electron chi connectivity index (χ1n) is 5.22. The summed E-state index contributed by atoms with van der Waals surface area (Å²) >= 11 is 0. The maximum atomic E-state index is 13.6. The Bertz CT molecular complexity index is 680. The van der Waals surface area contributed by atoms with Crippen LogP contribution in [0.25, 0.3) is 22.2 Å². The number of halogens is 1. The number of hydrogen-bond acceptors (Lipinski definition) is 2. The molecule has 0 N–H and O–H groups in total. The maximum Gasteiger partial charge on any atom is 0.131 e. The highest BCUT2D eigenvalue weighted by atomic mass is 19.1. The van der Waals surface area contributed by atoms with Gasteiger partial charge in [-0.2, -0.15) is 0 Å². The predicted octanol–water partition coefficient (Wildman–Crippen LogP) is 3.24. The summed E-state index contributed by atoms with van der Waals surface area (Å²) in [6.07, 6.45) is 4.19. The van der Waals surface area contributed by atoms with E-state index in [-0.39, 0.29) is 5.82 Å². The van der Waals surface area contributed by atoms with Crippen molar-refractivity contribution in [2.45, 2.75) is 0 Å². The minimum absolute atomic E-state index is 0.236. The lowest BCUT2D eigenvalue weighted by atomic mass is 10.0. The van der Waals surface area contributed by atoms with Crippen molar-refractivity contribution in [2.75, 3.05) is 0 Å². The minimum Gasteiger partial charge on any atom is -0.252 e. The van der Waals surface area contributed by atoms with Crippen molar-refractivity contribution in [3.05, 3.63) is 60.7 Å². The Morgan fingerprint density at radius 2 is 1.88 bits per heavy atom. The molecule has 0 spiro atoms. The second kappa shape index (κ2) is 3.94. The van der Waals surface area contributed by atoms with Crippen LogP contribution in [-0.4, -0.2) is 9.97 Å². The summed E-state index contributed by atoms with van der Waals surface area (Å²) in [4.78, 5) is 8.21. The lowest BCUT2D eigenvalue weighted by molar-refractivity contribution is 0.631. The van der Waals surface area contributed by atoms with Gasteiger partial charge in [0.2, 0.25) is 0 Å². The van der Waals surface area contributed by atoms with Gasteiger partial charge in [0.25, 0.3) is 0 Å². The summed E-state index contributed by atoms with van der Waals surface area (Å²) in [7, 11) is 0. The smallest absolute Gasteiger partial charge is 0.131 e. The van der Waals surface area contributed by atoms with Crippen molar-refractivity contribution in [3.8, 4) is 11.1 Å². The van der Waals surface area contributed by atoms with Crippen LogP contribution in [0.4, 0.5) is 4.39 Å². The van der Waals surface area contributed by atoms with Crippen LogP contribution in [0.3, 0.4) is 0 Å². The molecule has 0 bridgehead atoms. The third-order valence-electron chi connectivity index (χ3n) is 2.61. The molecule has 1 heterocycles. The highest BCUT2D eigenvalue weighted by molar-refractivity contribution is 5.81. The Balaban J connectivity index is 2.22. The van der Waals surface area contributed by atoms with Crippen LogP contribution in [-0.2, 0) is 0 Å². The first-order valence-corrected chi connectivity index (χ1v) is 5.22. The van der Waals surface area contributed by atoms with Gasteiger partial charge in [-0.3, -0.25) is 4.98 Å². The Morgan fingerprint density at radius 3 is 2.76 bits per heavy atom. The third kappa shape index (κ3) is 1.76. The quantitative estimate of drug-likeness (QED) is 0.633. The Kier molecular flexibility index (Phi) is 2.29. The fourth-order valence-corrected chi connectivity index (χ4v) is 1.78. The lowest BCUT2D eigenvalue weighted by Crippen LogP contribution is -1.86. The van der Waals surface area contributed by atoms with E-state index in [1.165, 1.54) is 12.3 Å². The van der Waals surface area contributed by atoms with Crippen LogP contribution in [0.15, 0.2) is 48.7 Å². The SMILES string of the molecule is Fc1ccccc1-c1ccc2nc[c]nc2c1. The number of fused-ring (bicyclic) bond motifs is 1. The summed E-state index contributed by atoms with van der Waals surface area (Å²) in [5.41, 5.74) is 2.86. The number of aromatic nitrogens is 2. The van der Waals surface area contributed by atoms with E-state index in [4.69, 9.17) is 0 Å². The zero-order chi connectivity index (χ0) is 11.7. The first-order chi connectivity index (χ1) is 8.34. The van der Waals surface area contributed by atoms with Crippen molar-refractivity contribution in [1.29, 1.82) is 0 Å². The zero-order valence-corrected chi connectivity index (χ0v) is 8.89. The normalized spacial score (nSPS) is 10.6. The van der Waals surface area contributed by atoms with E-state index in [9.17, 15) is 4.39 Å². The standard InChI is InChI=1S/C14H8FN2/c15-12-4-2-1-3-11(12)10-5-6-13-14(9-10)17-8-7-16-13/h1-7,9H. The van der Waals surface area contributed by atoms with Crippen LogP contribution in [0.5, 0.6) is 0 Å². The molecule has 2 aromatic carbocycles. The van der Waals surface area contributed by atoms with E-state index >= 15 is 0 Å². The molecule has 1 aromatic heterocycles. The van der Waals surface area contributed by atoms with Crippen molar-refractivity contribution in [3.63, 3.8) is 0 Å². The summed E-state index contributed by atoms with van der Waals surface area (Å²) in [5, 5.41) is 0. The van der Waals surface area contributed by atoms with Crippen molar-refractivity contribution in [1.82, 2.24) is 9.97 Å². The van der Waals surface area contributed by atoms with E-state index < -0.39 is 0 Å². The number of rotatable bonds is 1. The molecule has 0 saturated carbocycles. The topological polar surface area (TPSA) is 25.8 Å². The Labute approximate surface area is 97.8 Å². The van der Waals surface area contributed by atoms with Gasteiger partial charge in [-0.05, 0) is 23.8 Å². The molecule has 81 valence electrons. The average molecular weight is 223 g/mol. The zero-order valence-electron chi connectivity index (χ0n) is 8.89. The molecule has 3 heteroatoms. The van der Waals surface area contributed by atoms with Gasteiger partial charge in [0.1, 0.15) is 12.0 Å². The van der Waals surface area contributed by atoms with Gasteiger partial charge in [-0.15, -0.1) is 0 Å². The molecule has 0 aliphatic carbocycles. The van der Waals surface area contributed by atoms with Crippen molar-refractivity contribution >= 4 is 11.0 Å². The molecule has 0 unspecified atom stereocenters. The summed E-state index contributed by atoms with van der Waals surface area (Å²) < 4.78 is 13.6. The van der Waals surface area contributed by atoms with E-state index in [1.54, 1.807) is 12.1 Å². The second-order valence-electron chi connectivity index (χ2n) is 3.68. The molecule has 0 aliphatic heterocycles. The van der Waals surface area contributed by atoms with Crippen molar-refractivity contribution < 1.29 is 4.39 Å². The Morgan fingerprint density at radius 1 is 1.00 bits per heavy atom. The molecule has 17 heavy (non-hydrogen) atoms. The van der Waals surface area contributed by atoms with Crippen LogP contribution >= 0.6 is 0 Å². The number of nitrogens with zero attached hydrogens (tertiary/aromatic N) is 2. The van der Waals surface area contributed by atoms with E-state index in [2.05, 4.69) is 16.2 Å². The molecule has 3 aromatic rings. The average Bonchev–Trinajstić information content (AvgIpc) is 2.39. The molecule has 3 rings (SSSR count). The van der Waals surface area contributed by atoms with Gasteiger partial charge in [-0.1, -0.05) is 24.3 Å². The third-order valence-corrected chi connectivity index (χ3v) is 2.61.